The lowest BCUT2D eigenvalue weighted by molar-refractivity contribution is -0.154. The first-order chi connectivity index (χ1) is 27.3. The molecule has 0 heterocycles. The first-order valence-electron chi connectivity index (χ1n) is 23.0. The highest BCUT2D eigenvalue weighted by Gasteiger charge is 2.26. The smallest absolute Gasteiger partial charge is 0.457 e. The van der Waals surface area contributed by atoms with Gasteiger partial charge in [0.05, 0.1) is 26.4 Å². The molecule has 1 unspecified atom stereocenters. The van der Waals surface area contributed by atoms with Gasteiger partial charge in [-0.05, 0) is 51.4 Å². The molecule has 0 spiro atoms. The molecule has 0 aliphatic rings. The molecule has 0 aromatic carbocycles. The van der Waals surface area contributed by atoms with Crippen LogP contribution in [0.1, 0.15) is 206 Å². The van der Waals surface area contributed by atoms with Gasteiger partial charge in [-0.15, -0.1) is 0 Å². The number of hydrogen-bond donors (Lipinski definition) is 3. The summed E-state index contributed by atoms with van der Waals surface area (Å²) in [5, 5.41) is 18.4. The van der Waals surface area contributed by atoms with Crippen LogP contribution in [0, 0.1) is 0 Å². The summed E-state index contributed by atoms with van der Waals surface area (Å²) in [6.45, 7) is 3.49. The van der Waals surface area contributed by atoms with Gasteiger partial charge < -0.3 is 24.6 Å². The predicted octanol–water partition coefficient (Wildman–Crippen LogP) is 12.8. The Morgan fingerprint density at radius 1 is 0.554 bits per heavy atom. The molecule has 0 fully saturated rings. The molecule has 0 aromatic rings. The molecule has 0 bridgehead atoms. The minimum absolute atomic E-state index is 0.0429. The van der Waals surface area contributed by atoms with Crippen molar-refractivity contribution in [1.82, 2.24) is 0 Å². The second-order valence-corrected chi connectivity index (χ2v) is 16.9. The molecule has 330 valence electrons. The molecular formula is C46H87O9P. The summed E-state index contributed by atoms with van der Waals surface area (Å²) in [6, 6.07) is 0. The van der Waals surface area contributed by atoms with Crippen molar-refractivity contribution in [3.05, 3.63) is 36.5 Å². The first-order valence-corrected chi connectivity index (χ1v) is 24.5. The number of phosphoric acid groups is 1. The summed E-state index contributed by atoms with van der Waals surface area (Å²) < 4.78 is 33.4. The SMILES string of the molecule is CCCCC/C=C\C/C=C\C/C=C\CCCCCCC(=O)O[C@H](COCCCCCCCCCCCCCCCCCCCC)COP(=O)(O)OC[C@@H](O)CO. The lowest BCUT2D eigenvalue weighted by Crippen LogP contribution is -2.29. The van der Waals surface area contributed by atoms with E-state index in [1.165, 1.54) is 128 Å². The fourth-order valence-corrected chi connectivity index (χ4v) is 7.09. The molecule has 0 aliphatic heterocycles. The lowest BCUT2D eigenvalue weighted by Gasteiger charge is -2.20. The van der Waals surface area contributed by atoms with Gasteiger partial charge in [0.1, 0.15) is 12.2 Å². The highest BCUT2D eigenvalue weighted by atomic mass is 31.2. The Hall–Kier alpha value is -1.32. The van der Waals surface area contributed by atoms with Crippen molar-refractivity contribution in [2.45, 2.75) is 219 Å². The predicted molar refractivity (Wildman–Crippen MR) is 233 cm³/mol. The number of esters is 1. The Labute approximate surface area is 344 Å². The fourth-order valence-electron chi connectivity index (χ4n) is 6.30. The summed E-state index contributed by atoms with van der Waals surface area (Å²) in [7, 11) is -4.52. The minimum Gasteiger partial charge on any atom is -0.457 e. The van der Waals surface area contributed by atoms with Gasteiger partial charge in [0.2, 0.25) is 0 Å². The molecule has 3 N–H and O–H groups in total. The van der Waals surface area contributed by atoms with E-state index in [4.69, 9.17) is 23.6 Å². The van der Waals surface area contributed by atoms with Gasteiger partial charge in [-0.1, -0.05) is 185 Å². The number of aliphatic hydroxyl groups excluding tert-OH is 2. The number of carbonyl (C=O) groups is 1. The Kier molecular flexibility index (Phi) is 42.2. The Balaban J connectivity index is 4.16. The maximum Gasteiger partial charge on any atom is 0.472 e. The Morgan fingerprint density at radius 2 is 0.964 bits per heavy atom. The second-order valence-electron chi connectivity index (χ2n) is 15.4. The van der Waals surface area contributed by atoms with Crippen molar-refractivity contribution in [3.63, 3.8) is 0 Å². The normalized spacial score (nSPS) is 14.3. The third kappa shape index (κ3) is 42.3. The van der Waals surface area contributed by atoms with E-state index in [1.54, 1.807) is 0 Å². The van der Waals surface area contributed by atoms with Gasteiger partial charge >= 0.3 is 13.8 Å². The standard InChI is InChI=1S/C46H87O9P/c1-3-5-7-9-11-13-15-17-19-21-23-25-27-29-31-33-35-37-39-52-42-45(43-54-56(50,51)53-41-44(48)40-47)55-46(49)38-36-34-32-30-28-26-24-22-20-18-16-14-12-10-8-6-4-2/h12,14,18,20,24,26,44-45,47-48H,3-11,13,15-17,19,21-23,25,27-43H2,1-2H3,(H,50,51)/b14-12-,20-18-,26-24-/t44-,45+/m0/s1. The van der Waals surface area contributed by atoms with Crippen molar-refractivity contribution in [2.75, 3.05) is 33.0 Å². The van der Waals surface area contributed by atoms with Crippen LogP contribution in [0.5, 0.6) is 0 Å². The average molecular weight is 815 g/mol. The van der Waals surface area contributed by atoms with Gasteiger partial charge in [-0.2, -0.15) is 0 Å². The maximum absolute atomic E-state index is 12.6. The summed E-state index contributed by atoms with van der Waals surface area (Å²) in [5.41, 5.74) is 0. The van der Waals surface area contributed by atoms with Gasteiger partial charge in [0, 0.05) is 13.0 Å². The van der Waals surface area contributed by atoms with E-state index in [0.717, 1.165) is 51.4 Å². The van der Waals surface area contributed by atoms with Crippen molar-refractivity contribution >= 4 is 13.8 Å². The van der Waals surface area contributed by atoms with E-state index >= 15 is 0 Å². The molecule has 0 aromatic heterocycles. The summed E-state index contributed by atoms with van der Waals surface area (Å²) in [6.07, 6.45) is 46.7. The molecular weight excluding hydrogens is 727 g/mol. The number of unbranched alkanes of at least 4 members (excludes halogenated alkanes) is 24. The number of hydrogen-bond acceptors (Lipinski definition) is 8. The number of aliphatic hydroxyl groups is 2. The lowest BCUT2D eigenvalue weighted by atomic mass is 10.0. The molecule has 0 rings (SSSR count). The zero-order valence-electron chi connectivity index (χ0n) is 36.1. The molecule has 3 atom stereocenters. The van der Waals surface area contributed by atoms with Crippen LogP contribution < -0.4 is 0 Å². The van der Waals surface area contributed by atoms with Crippen LogP contribution in [-0.4, -0.2) is 66.3 Å². The van der Waals surface area contributed by atoms with Gasteiger partial charge in [0.25, 0.3) is 0 Å². The van der Waals surface area contributed by atoms with E-state index in [-0.39, 0.29) is 19.6 Å². The minimum atomic E-state index is -4.52. The third-order valence-electron chi connectivity index (χ3n) is 9.83. The van der Waals surface area contributed by atoms with E-state index in [2.05, 4.69) is 50.3 Å². The number of ether oxygens (including phenoxy) is 2. The fraction of sp³-hybridized carbons (Fsp3) is 0.848. The molecule has 0 amide bonds. The summed E-state index contributed by atoms with van der Waals surface area (Å²) >= 11 is 0. The van der Waals surface area contributed by atoms with Gasteiger partial charge in [0.15, 0.2) is 0 Å². The number of phosphoric ester groups is 1. The molecule has 0 aliphatic carbocycles. The van der Waals surface area contributed by atoms with E-state index < -0.39 is 39.2 Å². The number of carbonyl (C=O) groups excluding carboxylic acids is 1. The highest BCUT2D eigenvalue weighted by molar-refractivity contribution is 7.47. The van der Waals surface area contributed by atoms with E-state index in [1.807, 2.05) is 0 Å². The Bertz CT molecular complexity index is 970. The van der Waals surface area contributed by atoms with Crippen LogP contribution >= 0.6 is 7.82 Å². The molecule has 0 radical (unpaired) electrons. The maximum atomic E-state index is 12.6. The molecule has 10 heteroatoms. The molecule has 0 saturated heterocycles. The molecule has 0 saturated carbocycles. The van der Waals surface area contributed by atoms with Crippen molar-refractivity contribution in [2.24, 2.45) is 0 Å². The van der Waals surface area contributed by atoms with Crippen LogP contribution in [0.25, 0.3) is 0 Å². The number of allylic oxidation sites excluding steroid dienone is 6. The van der Waals surface area contributed by atoms with Crippen molar-refractivity contribution in [1.29, 1.82) is 0 Å². The van der Waals surface area contributed by atoms with Crippen molar-refractivity contribution in [3.8, 4) is 0 Å². The van der Waals surface area contributed by atoms with E-state index in [9.17, 15) is 19.4 Å². The third-order valence-corrected chi connectivity index (χ3v) is 10.8. The quantitative estimate of drug-likeness (QED) is 0.0238. The van der Waals surface area contributed by atoms with Crippen molar-refractivity contribution < 1.29 is 43.0 Å². The average Bonchev–Trinajstić information content (AvgIpc) is 3.19. The first kappa shape index (κ1) is 54.7. The Morgan fingerprint density at radius 3 is 1.48 bits per heavy atom. The van der Waals surface area contributed by atoms with Gasteiger partial charge in [-0.25, -0.2) is 4.57 Å². The van der Waals surface area contributed by atoms with Crippen LogP contribution in [0.4, 0.5) is 0 Å². The van der Waals surface area contributed by atoms with Crippen LogP contribution in [0.3, 0.4) is 0 Å². The van der Waals surface area contributed by atoms with Gasteiger partial charge in [-0.3, -0.25) is 13.8 Å². The highest BCUT2D eigenvalue weighted by Crippen LogP contribution is 2.43. The largest absolute Gasteiger partial charge is 0.472 e. The molecule has 56 heavy (non-hydrogen) atoms. The summed E-state index contributed by atoms with van der Waals surface area (Å²) in [4.78, 5) is 22.6. The second kappa shape index (κ2) is 43.3. The van der Waals surface area contributed by atoms with Crippen LogP contribution in [0.2, 0.25) is 0 Å². The monoisotopic (exact) mass is 815 g/mol. The van der Waals surface area contributed by atoms with E-state index in [0.29, 0.717) is 13.0 Å². The van der Waals surface area contributed by atoms with Crippen LogP contribution in [-0.2, 0) is 27.9 Å². The topological polar surface area (TPSA) is 132 Å². The number of rotatable bonds is 44. The zero-order chi connectivity index (χ0) is 41.1. The van der Waals surface area contributed by atoms with Crippen LogP contribution in [0.15, 0.2) is 36.5 Å². The summed E-state index contributed by atoms with van der Waals surface area (Å²) in [5.74, 6) is -0.401. The zero-order valence-corrected chi connectivity index (χ0v) is 37.0. The molecule has 9 nitrogen and oxygen atoms in total.